The summed E-state index contributed by atoms with van der Waals surface area (Å²) in [6.07, 6.45) is 1.02. The fourth-order valence-electron chi connectivity index (χ4n) is 1.77. The van der Waals surface area contributed by atoms with Gasteiger partial charge >= 0.3 is 0 Å². The number of aliphatic hydroxyl groups is 1. The van der Waals surface area contributed by atoms with Gasteiger partial charge in [0, 0.05) is 6.04 Å². The lowest BCUT2D eigenvalue weighted by molar-refractivity contribution is 0.275. The van der Waals surface area contributed by atoms with Crippen LogP contribution in [0.1, 0.15) is 29.2 Å². The summed E-state index contributed by atoms with van der Waals surface area (Å²) in [5, 5.41) is 12.4. The van der Waals surface area contributed by atoms with Crippen LogP contribution in [0.15, 0.2) is 12.1 Å². The Hall–Kier alpha value is -0.930. The molecule has 0 radical (unpaired) electrons. The van der Waals surface area contributed by atoms with E-state index in [1.54, 1.807) is 13.0 Å². The Morgan fingerprint density at radius 3 is 2.79 bits per heavy atom. The van der Waals surface area contributed by atoms with Crippen molar-refractivity contribution in [1.82, 2.24) is 5.32 Å². The fourth-order valence-corrected chi connectivity index (χ4v) is 1.77. The van der Waals surface area contributed by atoms with Crippen LogP contribution in [-0.2, 0) is 6.61 Å². The van der Waals surface area contributed by atoms with Crippen molar-refractivity contribution in [3.63, 3.8) is 0 Å². The summed E-state index contributed by atoms with van der Waals surface area (Å²) in [6, 6.07) is 3.50. The van der Waals surface area contributed by atoms with E-state index in [2.05, 4.69) is 5.32 Å². The minimum absolute atomic E-state index is 0.0192. The predicted molar refractivity (Wildman–Crippen MR) is 52.4 cm³/mol. The van der Waals surface area contributed by atoms with E-state index in [1.807, 2.05) is 0 Å². The van der Waals surface area contributed by atoms with Crippen LogP contribution in [0, 0.1) is 12.7 Å². The average Bonchev–Trinajstić information content (AvgIpc) is 2.08. The monoisotopic (exact) mass is 195 g/mol. The third kappa shape index (κ3) is 1.53. The van der Waals surface area contributed by atoms with Crippen LogP contribution in [0.25, 0.3) is 0 Å². The zero-order valence-electron chi connectivity index (χ0n) is 8.18. The Labute approximate surface area is 82.8 Å². The minimum atomic E-state index is -0.189. The first-order valence-electron chi connectivity index (χ1n) is 4.85. The molecule has 0 amide bonds. The van der Waals surface area contributed by atoms with Crippen LogP contribution < -0.4 is 5.32 Å². The summed E-state index contributed by atoms with van der Waals surface area (Å²) < 4.78 is 13.3. The van der Waals surface area contributed by atoms with Gasteiger partial charge in [0.1, 0.15) is 5.82 Å². The normalized spacial score (nSPS) is 20.6. The Bertz CT molecular complexity index is 347. The first-order valence-corrected chi connectivity index (χ1v) is 4.85. The molecule has 1 heterocycles. The van der Waals surface area contributed by atoms with Gasteiger partial charge in [0.2, 0.25) is 0 Å². The molecule has 1 aliphatic rings. The van der Waals surface area contributed by atoms with E-state index in [0.717, 1.165) is 24.1 Å². The van der Waals surface area contributed by atoms with Gasteiger partial charge in [0.25, 0.3) is 0 Å². The van der Waals surface area contributed by atoms with Gasteiger partial charge in [0.05, 0.1) is 6.61 Å². The summed E-state index contributed by atoms with van der Waals surface area (Å²) in [5.74, 6) is -0.189. The number of hydrogen-bond donors (Lipinski definition) is 2. The van der Waals surface area contributed by atoms with Crippen LogP contribution in [0.5, 0.6) is 0 Å². The topological polar surface area (TPSA) is 32.3 Å². The molecule has 0 unspecified atom stereocenters. The van der Waals surface area contributed by atoms with E-state index >= 15 is 0 Å². The lowest BCUT2D eigenvalue weighted by Gasteiger charge is -2.29. The second-order valence-electron chi connectivity index (χ2n) is 3.75. The van der Waals surface area contributed by atoms with Gasteiger partial charge in [-0.05, 0) is 42.6 Å². The summed E-state index contributed by atoms with van der Waals surface area (Å²) in [7, 11) is 0. The molecule has 14 heavy (non-hydrogen) atoms. The highest BCUT2D eigenvalue weighted by molar-refractivity contribution is 5.35. The first-order chi connectivity index (χ1) is 6.72. The Morgan fingerprint density at radius 1 is 1.57 bits per heavy atom. The summed E-state index contributed by atoms with van der Waals surface area (Å²) in [6.45, 7) is 2.67. The third-order valence-corrected chi connectivity index (χ3v) is 2.79. The highest BCUT2D eigenvalue weighted by Crippen LogP contribution is 2.28. The molecule has 1 aromatic rings. The van der Waals surface area contributed by atoms with Crippen molar-refractivity contribution in [3.05, 3.63) is 34.6 Å². The predicted octanol–water partition coefficient (Wildman–Crippen LogP) is 1.66. The summed E-state index contributed by atoms with van der Waals surface area (Å²) in [5.41, 5.74) is 2.33. The Balaban J connectivity index is 2.40. The molecule has 1 saturated heterocycles. The molecule has 2 N–H and O–H groups in total. The van der Waals surface area contributed by atoms with Crippen LogP contribution in [0.4, 0.5) is 4.39 Å². The molecular formula is C11H14FNO. The van der Waals surface area contributed by atoms with Gasteiger partial charge in [-0.1, -0.05) is 6.07 Å². The molecule has 2 rings (SSSR count). The lowest BCUT2D eigenvalue weighted by Crippen LogP contribution is -2.35. The molecular weight excluding hydrogens is 181 g/mol. The first kappa shape index (κ1) is 9.62. The third-order valence-electron chi connectivity index (χ3n) is 2.79. The maximum absolute atomic E-state index is 13.3. The molecule has 1 aromatic carbocycles. The van der Waals surface area contributed by atoms with Crippen LogP contribution >= 0.6 is 0 Å². The largest absolute Gasteiger partial charge is 0.392 e. The quantitative estimate of drug-likeness (QED) is 0.752. The number of benzene rings is 1. The van der Waals surface area contributed by atoms with Gasteiger partial charge < -0.3 is 10.4 Å². The van der Waals surface area contributed by atoms with Gasteiger partial charge in [-0.25, -0.2) is 4.39 Å². The minimum Gasteiger partial charge on any atom is -0.392 e. The summed E-state index contributed by atoms with van der Waals surface area (Å²) >= 11 is 0. The lowest BCUT2D eigenvalue weighted by atomic mass is 9.92. The zero-order chi connectivity index (χ0) is 10.1. The van der Waals surface area contributed by atoms with Gasteiger partial charge in [-0.2, -0.15) is 0 Å². The van der Waals surface area contributed by atoms with Crippen molar-refractivity contribution in [2.75, 3.05) is 6.54 Å². The standard InChI is InChI=1S/C11H14FNO/c1-7-4-8(6-14)9(5-10(7)12)11-2-3-13-11/h4-5,11,13-14H,2-3,6H2,1H3/t11-/m1/s1. The van der Waals surface area contributed by atoms with Gasteiger partial charge in [-0.3, -0.25) is 0 Å². The number of aryl methyl sites for hydroxylation is 1. The Kier molecular flexibility index (Phi) is 2.52. The highest BCUT2D eigenvalue weighted by Gasteiger charge is 2.22. The maximum Gasteiger partial charge on any atom is 0.126 e. The number of nitrogens with one attached hydrogen (secondary N) is 1. The maximum atomic E-state index is 13.3. The van der Waals surface area contributed by atoms with Crippen LogP contribution in [0.2, 0.25) is 0 Å². The van der Waals surface area contributed by atoms with E-state index in [-0.39, 0.29) is 18.5 Å². The van der Waals surface area contributed by atoms with Crippen molar-refractivity contribution in [2.24, 2.45) is 0 Å². The molecule has 3 heteroatoms. The van der Waals surface area contributed by atoms with Crippen molar-refractivity contribution >= 4 is 0 Å². The fraction of sp³-hybridized carbons (Fsp3) is 0.455. The average molecular weight is 195 g/mol. The highest BCUT2D eigenvalue weighted by atomic mass is 19.1. The smallest absolute Gasteiger partial charge is 0.126 e. The van der Waals surface area contributed by atoms with Crippen molar-refractivity contribution in [3.8, 4) is 0 Å². The van der Waals surface area contributed by atoms with E-state index in [1.165, 1.54) is 6.07 Å². The molecule has 0 saturated carbocycles. The van der Waals surface area contributed by atoms with Crippen LogP contribution in [-0.4, -0.2) is 11.7 Å². The molecule has 0 spiro atoms. The number of aliphatic hydroxyl groups excluding tert-OH is 1. The molecule has 1 aliphatic heterocycles. The number of halogens is 1. The van der Waals surface area contributed by atoms with E-state index < -0.39 is 0 Å². The van der Waals surface area contributed by atoms with Crippen molar-refractivity contribution in [2.45, 2.75) is 26.0 Å². The molecule has 0 aromatic heterocycles. The van der Waals surface area contributed by atoms with Crippen LogP contribution in [0.3, 0.4) is 0 Å². The van der Waals surface area contributed by atoms with E-state index in [4.69, 9.17) is 5.11 Å². The zero-order valence-corrected chi connectivity index (χ0v) is 8.18. The van der Waals surface area contributed by atoms with E-state index in [9.17, 15) is 4.39 Å². The molecule has 76 valence electrons. The molecule has 0 bridgehead atoms. The second-order valence-corrected chi connectivity index (χ2v) is 3.75. The molecule has 1 atom stereocenters. The number of hydrogen-bond acceptors (Lipinski definition) is 2. The second kappa shape index (κ2) is 3.67. The van der Waals surface area contributed by atoms with E-state index in [0.29, 0.717) is 5.56 Å². The van der Waals surface area contributed by atoms with Gasteiger partial charge in [0.15, 0.2) is 0 Å². The number of rotatable bonds is 2. The Morgan fingerprint density at radius 2 is 2.29 bits per heavy atom. The molecule has 2 nitrogen and oxygen atoms in total. The van der Waals surface area contributed by atoms with Gasteiger partial charge in [-0.15, -0.1) is 0 Å². The SMILES string of the molecule is Cc1cc(CO)c([C@H]2CCN2)cc1F. The summed E-state index contributed by atoms with van der Waals surface area (Å²) in [4.78, 5) is 0. The molecule has 1 fully saturated rings. The molecule has 0 aliphatic carbocycles. The van der Waals surface area contributed by atoms with Crippen molar-refractivity contribution < 1.29 is 9.50 Å². The van der Waals surface area contributed by atoms with Crippen molar-refractivity contribution in [1.29, 1.82) is 0 Å².